The van der Waals surface area contributed by atoms with E-state index in [1.54, 1.807) is 0 Å². The molecule has 5 nitrogen and oxygen atoms in total. The monoisotopic (exact) mass is 282 g/mol. The lowest BCUT2D eigenvalue weighted by Crippen LogP contribution is -2.57. The van der Waals surface area contributed by atoms with Gasteiger partial charge in [0.05, 0.1) is 18.2 Å². The van der Waals surface area contributed by atoms with Gasteiger partial charge in [-0.25, -0.2) is 0 Å². The summed E-state index contributed by atoms with van der Waals surface area (Å²) in [4.78, 5) is 22.9. The first-order valence-electron chi connectivity index (χ1n) is 7.28. The van der Waals surface area contributed by atoms with Crippen molar-refractivity contribution in [2.75, 3.05) is 0 Å². The molecule has 1 amide bonds. The van der Waals surface area contributed by atoms with Crippen LogP contribution in [0.25, 0.3) is 0 Å². The highest BCUT2D eigenvalue weighted by Gasteiger charge is 2.34. The minimum absolute atomic E-state index is 0.0138. The van der Waals surface area contributed by atoms with E-state index in [-0.39, 0.29) is 36.0 Å². The van der Waals surface area contributed by atoms with Crippen LogP contribution in [0.1, 0.15) is 47.0 Å². The number of ether oxygens (including phenoxy) is 1. The molecule has 1 aliphatic rings. The molecule has 0 aromatic rings. The number of Topliss-reactive ketones (excluding diaryl/α,β-unsaturated/α-hetero) is 1. The van der Waals surface area contributed by atoms with Crippen LogP contribution >= 0.6 is 0 Å². The van der Waals surface area contributed by atoms with E-state index < -0.39 is 0 Å². The van der Waals surface area contributed by atoms with Gasteiger partial charge >= 0.3 is 0 Å². The van der Waals surface area contributed by atoms with Crippen LogP contribution in [0, 0.1) is 0 Å². The summed E-state index contributed by atoms with van der Waals surface area (Å²) in [5, 5.41) is 2.85. The molecule has 3 N–H and O–H groups in total. The average molecular weight is 282 g/mol. The summed E-state index contributed by atoms with van der Waals surface area (Å²) >= 11 is 0. The molecule has 1 aliphatic carbocycles. The quantitative estimate of drug-likeness (QED) is 0.769. The van der Waals surface area contributed by atoms with Crippen molar-refractivity contribution in [2.45, 2.75) is 71.2 Å². The first kappa shape index (κ1) is 16.9. The van der Waals surface area contributed by atoms with E-state index in [1.807, 2.05) is 6.08 Å². The van der Waals surface area contributed by atoms with Crippen molar-refractivity contribution in [3.63, 3.8) is 0 Å². The SMILES string of the molecule is CCC(CC)O[C@@H]1C=C(C(C)=O)C[C@H](N)[C@H]1NC(C)=O. The molecule has 0 radical (unpaired) electrons. The molecule has 0 saturated carbocycles. The van der Waals surface area contributed by atoms with Gasteiger partial charge in [-0.3, -0.25) is 9.59 Å². The number of nitrogens with one attached hydrogen (secondary N) is 1. The van der Waals surface area contributed by atoms with Crippen molar-refractivity contribution in [3.8, 4) is 0 Å². The van der Waals surface area contributed by atoms with Crippen LogP contribution in [0.4, 0.5) is 0 Å². The van der Waals surface area contributed by atoms with Crippen LogP contribution < -0.4 is 11.1 Å². The zero-order chi connectivity index (χ0) is 15.3. The summed E-state index contributed by atoms with van der Waals surface area (Å²) in [6.45, 7) is 7.11. The average Bonchev–Trinajstić information content (AvgIpc) is 2.38. The molecule has 0 fully saturated rings. The lowest BCUT2D eigenvalue weighted by molar-refractivity contribution is -0.121. The summed E-state index contributed by atoms with van der Waals surface area (Å²) in [5.41, 5.74) is 6.81. The molecule has 1 rings (SSSR count). The molecule has 0 aromatic carbocycles. The van der Waals surface area contributed by atoms with Crippen molar-refractivity contribution in [3.05, 3.63) is 11.6 Å². The molecule has 0 bridgehead atoms. The van der Waals surface area contributed by atoms with E-state index in [9.17, 15) is 9.59 Å². The number of carbonyl (C=O) groups is 2. The molecule has 114 valence electrons. The molecule has 0 saturated heterocycles. The van der Waals surface area contributed by atoms with Crippen LogP contribution in [-0.2, 0) is 14.3 Å². The van der Waals surface area contributed by atoms with Gasteiger partial charge in [0.25, 0.3) is 0 Å². The normalized spacial score (nSPS) is 26.3. The van der Waals surface area contributed by atoms with Gasteiger partial charge in [0.15, 0.2) is 5.78 Å². The highest BCUT2D eigenvalue weighted by molar-refractivity contribution is 5.93. The van der Waals surface area contributed by atoms with Crippen LogP contribution in [0.5, 0.6) is 0 Å². The van der Waals surface area contributed by atoms with Crippen LogP contribution in [0.2, 0.25) is 0 Å². The minimum Gasteiger partial charge on any atom is -0.369 e. The summed E-state index contributed by atoms with van der Waals surface area (Å²) in [6, 6.07) is -0.585. The molecule has 20 heavy (non-hydrogen) atoms. The molecule has 0 aromatic heterocycles. The fraction of sp³-hybridized carbons (Fsp3) is 0.733. The Kier molecular flexibility index (Phi) is 6.36. The van der Waals surface area contributed by atoms with E-state index in [0.29, 0.717) is 12.0 Å². The van der Waals surface area contributed by atoms with Crippen molar-refractivity contribution in [2.24, 2.45) is 5.73 Å². The van der Waals surface area contributed by atoms with Crippen LogP contribution in [0.3, 0.4) is 0 Å². The number of rotatable bonds is 6. The Morgan fingerprint density at radius 3 is 2.45 bits per heavy atom. The summed E-state index contributed by atoms with van der Waals surface area (Å²) in [7, 11) is 0. The van der Waals surface area contributed by atoms with Gasteiger partial charge in [-0.2, -0.15) is 0 Å². The van der Waals surface area contributed by atoms with Crippen molar-refractivity contribution >= 4 is 11.7 Å². The number of ketones is 1. The Hall–Kier alpha value is -1.20. The fourth-order valence-corrected chi connectivity index (χ4v) is 2.51. The Morgan fingerprint density at radius 2 is 2.00 bits per heavy atom. The number of hydrogen-bond acceptors (Lipinski definition) is 4. The lowest BCUT2D eigenvalue weighted by Gasteiger charge is -2.36. The van der Waals surface area contributed by atoms with Crippen molar-refractivity contribution < 1.29 is 14.3 Å². The molecule has 3 atom stereocenters. The third-order valence-corrected chi connectivity index (χ3v) is 3.72. The third kappa shape index (κ3) is 4.42. The summed E-state index contributed by atoms with van der Waals surface area (Å²) < 4.78 is 6.03. The van der Waals surface area contributed by atoms with E-state index in [0.717, 1.165) is 12.8 Å². The van der Waals surface area contributed by atoms with E-state index >= 15 is 0 Å². The summed E-state index contributed by atoms with van der Waals surface area (Å²) in [5.74, 6) is -0.122. The zero-order valence-electron chi connectivity index (χ0n) is 12.8. The topological polar surface area (TPSA) is 81.4 Å². The molecule has 0 aliphatic heterocycles. The van der Waals surface area contributed by atoms with Crippen molar-refractivity contribution in [1.82, 2.24) is 5.32 Å². The van der Waals surface area contributed by atoms with E-state index in [4.69, 9.17) is 10.5 Å². The smallest absolute Gasteiger partial charge is 0.217 e. The lowest BCUT2D eigenvalue weighted by atomic mass is 9.87. The Morgan fingerprint density at radius 1 is 1.40 bits per heavy atom. The fourth-order valence-electron chi connectivity index (χ4n) is 2.51. The molecule has 0 spiro atoms. The van der Waals surface area contributed by atoms with Gasteiger partial charge in [-0.15, -0.1) is 0 Å². The minimum atomic E-state index is -0.341. The van der Waals surface area contributed by atoms with Gasteiger partial charge in [0, 0.05) is 13.0 Å². The van der Waals surface area contributed by atoms with Crippen LogP contribution in [-0.4, -0.2) is 36.0 Å². The third-order valence-electron chi connectivity index (χ3n) is 3.72. The molecule has 0 unspecified atom stereocenters. The largest absolute Gasteiger partial charge is 0.369 e. The predicted molar refractivity (Wildman–Crippen MR) is 78.2 cm³/mol. The maximum Gasteiger partial charge on any atom is 0.217 e. The number of hydrogen-bond donors (Lipinski definition) is 2. The Labute approximate surface area is 120 Å². The second kappa shape index (κ2) is 7.55. The second-order valence-corrected chi connectivity index (χ2v) is 5.38. The first-order valence-corrected chi connectivity index (χ1v) is 7.28. The first-order chi connectivity index (χ1) is 9.38. The Bertz CT molecular complexity index is 389. The molecular formula is C15H26N2O3. The van der Waals surface area contributed by atoms with E-state index in [1.165, 1.54) is 13.8 Å². The van der Waals surface area contributed by atoms with Crippen LogP contribution in [0.15, 0.2) is 11.6 Å². The highest BCUT2D eigenvalue weighted by Crippen LogP contribution is 2.23. The molecule has 0 heterocycles. The standard InChI is InChI=1S/C15H26N2O3/c1-5-12(6-2)20-14-8-11(9(3)18)7-13(16)15(14)17-10(4)19/h8,12-15H,5-7,16H2,1-4H3,(H,17,19)/t13-,14+,15+/m0/s1. The number of amides is 1. The predicted octanol–water partition coefficient (Wildman–Crippen LogP) is 1.31. The Balaban J connectivity index is 2.96. The maximum absolute atomic E-state index is 11.6. The summed E-state index contributed by atoms with van der Waals surface area (Å²) in [6.07, 6.45) is 3.84. The van der Waals surface area contributed by atoms with Gasteiger partial charge in [0.1, 0.15) is 0 Å². The van der Waals surface area contributed by atoms with E-state index in [2.05, 4.69) is 19.2 Å². The van der Waals surface area contributed by atoms with Gasteiger partial charge in [0.2, 0.25) is 5.91 Å². The number of carbonyl (C=O) groups excluding carboxylic acids is 2. The second-order valence-electron chi connectivity index (χ2n) is 5.38. The highest BCUT2D eigenvalue weighted by atomic mass is 16.5. The van der Waals surface area contributed by atoms with Gasteiger partial charge < -0.3 is 15.8 Å². The zero-order valence-corrected chi connectivity index (χ0v) is 12.8. The molecule has 5 heteroatoms. The van der Waals surface area contributed by atoms with Gasteiger partial charge in [-0.05, 0) is 37.8 Å². The maximum atomic E-state index is 11.6. The molecular weight excluding hydrogens is 256 g/mol. The van der Waals surface area contributed by atoms with Gasteiger partial charge in [-0.1, -0.05) is 13.8 Å². The van der Waals surface area contributed by atoms with Crippen molar-refractivity contribution in [1.29, 1.82) is 0 Å². The number of nitrogens with two attached hydrogens (primary N) is 1.